The number of halogens is 1. The van der Waals surface area contributed by atoms with E-state index in [-0.39, 0.29) is 12.5 Å². The topological polar surface area (TPSA) is 47.9 Å². The van der Waals surface area contributed by atoms with E-state index >= 15 is 0 Å². The molecule has 1 aromatic carbocycles. The van der Waals surface area contributed by atoms with Crippen LogP contribution in [0.5, 0.6) is 17.2 Å². The third kappa shape index (κ3) is 3.18. The predicted molar refractivity (Wildman–Crippen MR) is 61.8 cm³/mol. The zero-order valence-corrected chi connectivity index (χ0v) is 10.0. The Bertz CT molecular complexity index is 308. The molecule has 0 fully saturated rings. The molecule has 90 valence electrons. The van der Waals surface area contributed by atoms with Gasteiger partial charge in [-0.25, -0.2) is 0 Å². The molecule has 0 amide bonds. The molecule has 1 rings (SSSR count). The highest BCUT2D eigenvalue weighted by Crippen LogP contribution is 2.36. The van der Waals surface area contributed by atoms with Crippen molar-refractivity contribution in [3.05, 3.63) is 18.2 Å². The van der Waals surface area contributed by atoms with Gasteiger partial charge in [0.05, 0.1) is 20.1 Å². The summed E-state index contributed by atoms with van der Waals surface area (Å²) in [6.07, 6.45) is -0.712. The molecule has 0 aliphatic rings. The normalized spacial score (nSPS) is 12.0. The summed E-state index contributed by atoms with van der Waals surface area (Å²) in [6.45, 7) is 0.0975. The Morgan fingerprint density at radius 1 is 1.25 bits per heavy atom. The molecular weight excluding hydrogens is 232 g/mol. The van der Waals surface area contributed by atoms with Gasteiger partial charge in [-0.1, -0.05) is 6.07 Å². The zero-order chi connectivity index (χ0) is 12.0. The number of hydrogen-bond donors (Lipinski definition) is 1. The van der Waals surface area contributed by atoms with Crippen molar-refractivity contribution in [2.45, 2.75) is 6.10 Å². The van der Waals surface area contributed by atoms with Crippen molar-refractivity contribution in [3.63, 3.8) is 0 Å². The van der Waals surface area contributed by atoms with Crippen molar-refractivity contribution < 1.29 is 19.3 Å². The molecular formula is C11H15ClO4. The number of para-hydroxylation sites is 1. The predicted octanol–water partition coefficient (Wildman–Crippen LogP) is 1.68. The van der Waals surface area contributed by atoms with Crippen LogP contribution in [0.4, 0.5) is 0 Å². The average molecular weight is 247 g/mol. The lowest BCUT2D eigenvalue weighted by atomic mass is 10.3. The van der Waals surface area contributed by atoms with Crippen molar-refractivity contribution in [3.8, 4) is 17.2 Å². The van der Waals surface area contributed by atoms with Gasteiger partial charge < -0.3 is 19.3 Å². The molecule has 0 aliphatic heterocycles. The first-order chi connectivity index (χ1) is 7.72. The van der Waals surface area contributed by atoms with Crippen LogP contribution in [0.25, 0.3) is 0 Å². The van der Waals surface area contributed by atoms with E-state index in [1.807, 2.05) is 0 Å². The minimum Gasteiger partial charge on any atom is -0.493 e. The van der Waals surface area contributed by atoms with Crippen LogP contribution in [0.3, 0.4) is 0 Å². The Labute approximate surface area is 99.7 Å². The molecule has 0 aromatic heterocycles. The number of rotatable bonds is 6. The molecule has 0 heterocycles. The van der Waals surface area contributed by atoms with Crippen LogP contribution >= 0.6 is 11.6 Å². The lowest BCUT2D eigenvalue weighted by Crippen LogP contribution is -2.19. The highest BCUT2D eigenvalue weighted by molar-refractivity contribution is 6.18. The maximum Gasteiger partial charge on any atom is 0.203 e. The van der Waals surface area contributed by atoms with Crippen LogP contribution in [0, 0.1) is 0 Å². The molecule has 0 saturated carbocycles. The molecule has 1 N–H and O–H groups in total. The Kier molecular flexibility index (Phi) is 5.22. The van der Waals surface area contributed by atoms with Gasteiger partial charge in [0.2, 0.25) is 5.75 Å². The number of aliphatic hydroxyl groups excluding tert-OH is 1. The van der Waals surface area contributed by atoms with Gasteiger partial charge in [0.1, 0.15) is 12.7 Å². The number of ether oxygens (including phenoxy) is 3. The quantitative estimate of drug-likeness (QED) is 0.776. The minimum absolute atomic E-state index is 0.0975. The van der Waals surface area contributed by atoms with Crippen molar-refractivity contribution in [1.29, 1.82) is 0 Å². The van der Waals surface area contributed by atoms with E-state index in [4.69, 9.17) is 25.8 Å². The molecule has 5 heteroatoms. The summed E-state index contributed by atoms with van der Waals surface area (Å²) in [5, 5.41) is 9.31. The first-order valence-electron chi connectivity index (χ1n) is 4.80. The summed E-state index contributed by atoms with van der Waals surface area (Å²) in [5.74, 6) is 1.70. The molecule has 4 nitrogen and oxygen atoms in total. The van der Waals surface area contributed by atoms with Crippen molar-refractivity contribution in [2.24, 2.45) is 0 Å². The van der Waals surface area contributed by atoms with Crippen LogP contribution in [0.1, 0.15) is 0 Å². The maximum absolute atomic E-state index is 9.31. The van der Waals surface area contributed by atoms with Gasteiger partial charge in [-0.05, 0) is 12.1 Å². The molecule has 1 atom stereocenters. The van der Waals surface area contributed by atoms with E-state index in [1.165, 1.54) is 0 Å². The number of methoxy groups -OCH3 is 2. The van der Waals surface area contributed by atoms with E-state index in [1.54, 1.807) is 32.4 Å². The second kappa shape index (κ2) is 6.45. The van der Waals surface area contributed by atoms with Crippen LogP contribution in [-0.4, -0.2) is 37.9 Å². The highest BCUT2D eigenvalue weighted by atomic mass is 35.5. The Hall–Kier alpha value is -1.13. The van der Waals surface area contributed by atoms with Gasteiger partial charge in [0, 0.05) is 0 Å². The summed E-state index contributed by atoms with van der Waals surface area (Å²) in [6, 6.07) is 5.30. The van der Waals surface area contributed by atoms with Gasteiger partial charge in [-0.15, -0.1) is 11.6 Å². The first kappa shape index (κ1) is 12.9. The molecule has 0 radical (unpaired) electrons. The SMILES string of the molecule is COc1cccc(OC)c1OCC(O)CCl. The molecule has 0 spiro atoms. The highest BCUT2D eigenvalue weighted by Gasteiger charge is 2.12. The summed E-state index contributed by atoms with van der Waals surface area (Å²) < 4.78 is 15.7. The summed E-state index contributed by atoms with van der Waals surface area (Å²) in [4.78, 5) is 0. The minimum atomic E-state index is -0.712. The van der Waals surface area contributed by atoms with Gasteiger partial charge in [-0.3, -0.25) is 0 Å². The average Bonchev–Trinajstić information content (AvgIpc) is 2.35. The van der Waals surface area contributed by atoms with Crippen LogP contribution < -0.4 is 14.2 Å². The van der Waals surface area contributed by atoms with E-state index in [9.17, 15) is 5.11 Å². The summed E-state index contributed by atoms with van der Waals surface area (Å²) in [5.41, 5.74) is 0. The number of alkyl halides is 1. The summed E-state index contributed by atoms with van der Waals surface area (Å²) in [7, 11) is 3.08. The van der Waals surface area contributed by atoms with Crippen LogP contribution in [0.15, 0.2) is 18.2 Å². The largest absolute Gasteiger partial charge is 0.493 e. The van der Waals surface area contributed by atoms with Gasteiger partial charge in [0.15, 0.2) is 11.5 Å². The third-order valence-corrected chi connectivity index (χ3v) is 2.34. The standard InChI is InChI=1S/C11H15ClO4/c1-14-9-4-3-5-10(15-2)11(9)16-7-8(13)6-12/h3-5,8,13H,6-7H2,1-2H3. The third-order valence-electron chi connectivity index (χ3n) is 1.98. The monoisotopic (exact) mass is 246 g/mol. The second-order valence-electron chi connectivity index (χ2n) is 3.11. The molecule has 1 aromatic rings. The smallest absolute Gasteiger partial charge is 0.203 e. The van der Waals surface area contributed by atoms with Crippen LogP contribution in [-0.2, 0) is 0 Å². The van der Waals surface area contributed by atoms with Gasteiger partial charge >= 0.3 is 0 Å². The van der Waals surface area contributed by atoms with E-state index in [0.29, 0.717) is 17.2 Å². The maximum atomic E-state index is 9.31. The van der Waals surface area contributed by atoms with Crippen LogP contribution in [0.2, 0.25) is 0 Å². The molecule has 1 unspecified atom stereocenters. The Morgan fingerprint density at radius 2 is 1.81 bits per heavy atom. The molecule has 16 heavy (non-hydrogen) atoms. The van der Waals surface area contributed by atoms with E-state index < -0.39 is 6.10 Å². The second-order valence-corrected chi connectivity index (χ2v) is 3.42. The van der Waals surface area contributed by atoms with Gasteiger partial charge in [0.25, 0.3) is 0 Å². The number of aliphatic hydroxyl groups is 1. The Morgan fingerprint density at radius 3 is 2.25 bits per heavy atom. The Balaban J connectivity index is 2.82. The van der Waals surface area contributed by atoms with Crippen molar-refractivity contribution in [1.82, 2.24) is 0 Å². The summed E-state index contributed by atoms with van der Waals surface area (Å²) >= 11 is 5.47. The van der Waals surface area contributed by atoms with Gasteiger partial charge in [-0.2, -0.15) is 0 Å². The fraction of sp³-hybridized carbons (Fsp3) is 0.455. The zero-order valence-electron chi connectivity index (χ0n) is 9.27. The molecule has 0 bridgehead atoms. The number of benzene rings is 1. The molecule has 0 saturated heterocycles. The fourth-order valence-electron chi connectivity index (χ4n) is 1.18. The van der Waals surface area contributed by atoms with Crippen molar-refractivity contribution >= 4 is 11.6 Å². The van der Waals surface area contributed by atoms with E-state index in [0.717, 1.165) is 0 Å². The lowest BCUT2D eigenvalue weighted by molar-refractivity contribution is 0.121. The van der Waals surface area contributed by atoms with Crippen molar-refractivity contribution in [2.75, 3.05) is 26.7 Å². The van der Waals surface area contributed by atoms with E-state index in [2.05, 4.69) is 0 Å². The number of hydrogen-bond acceptors (Lipinski definition) is 4. The lowest BCUT2D eigenvalue weighted by Gasteiger charge is -2.15. The molecule has 0 aliphatic carbocycles. The fourth-order valence-corrected chi connectivity index (χ4v) is 1.27. The first-order valence-corrected chi connectivity index (χ1v) is 5.34.